The number of hydrogen-bond acceptors (Lipinski definition) is 6. The summed E-state index contributed by atoms with van der Waals surface area (Å²) in [5.74, 6) is 2.00. The number of amides is 2. The molecule has 3 rings (SSSR count). The highest BCUT2D eigenvalue weighted by Crippen LogP contribution is 2.30. The molecule has 1 N–H and O–H groups in total. The maximum absolute atomic E-state index is 12.9. The van der Waals surface area contributed by atoms with Crippen molar-refractivity contribution in [2.24, 2.45) is 0 Å². The number of hydrogen-bond donors (Lipinski definition) is 1. The molecule has 1 saturated heterocycles. The third-order valence-corrected chi connectivity index (χ3v) is 4.30. The van der Waals surface area contributed by atoms with Crippen LogP contribution in [0.5, 0.6) is 5.75 Å². The Morgan fingerprint density at radius 3 is 2.84 bits per heavy atom. The first-order valence-corrected chi connectivity index (χ1v) is 8.48. The van der Waals surface area contributed by atoms with Gasteiger partial charge in [-0.2, -0.15) is 4.98 Å². The fourth-order valence-corrected chi connectivity index (χ4v) is 3.04. The maximum Gasteiger partial charge on any atom is 0.323 e. The van der Waals surface area contributed by atoms with Crippen LogP contribution in [0.15, 0.2) is 16.7 Å². The van der Waals surface area contributed by atoms with Crippen molar-refractivity contribution in [3.63, 3.8) is 0 Å². The molecule has 8 heteroatoms. The van der Waals surface area contributed by atoms with Gasteiger partial charge in [0.05, 0.1) is 13.2 Å². The summed E-state index contributed by atoms with van der Waals surface area (Å²) < 4.78 is 10.4. The third-order valence-electron chi connectivity index (χ3n) is 4.30. The van der Waals surface area contributed by atoms with E-state index in [-0.39, 0.29) is 12.1 Å². The van der Waals surface area contributed by atoms with Crippen LogP contribution in [0.2, 0.25) is 0 Å². The van der Waals surface area contributed by atoms with Gasteiger partial charge in [0.2, 0.25) is 5.89 Å². The summed E-state index contributed by atoms with van der Waals surface area (Å²) in [6.45, 7) is 4.25. The molecule has 1 fully saturated rings. The molecule has 1 aliphatic rings. The van der Waals surface area contributed by atoms with Gasteiger partial charge in [-0.15, -0.1) is 0 Å². The van der Waals surface area contributed by atoms with E-state index in [0.29, 0.717) is 29.8 Å². The minimum atomic E-state index is -0.231. The Hall–Kier alpha value is -2.64. The highest BCUT2D eigenvalue weighted by atomic mass is 16.5. The van der Waals surface area contributed by atoms with Gasteiger partial charge in [-0.05, 0) is 31.9 Å². The zero-order chi connectivity index (χ0) is 17.8. The average Bonchev–Trinajstić information content (AvgIpc) is 2.87. The van der Waals surface area contributed by atoms with Gasteiger partial charge in [-0.25, -0.2) is 9.78 Å². The first-order valence-electron chi connectivity index (χ1n) is 8.48. The van der Waals surface area contributed by atoms with E-state index in [0.717, 1.165) is 31.4 Å². The van der Waals surface area contributed by atoms with Crippen molar-refractivity contribution in [2.75, 3.05) is 19.0 Å². The molecule has 1 aliphatic heterocycles. The molecule has 3 heterocycles. The van der Waals surface area contributed by atoms with Crippen molar-refractivity contribution in [1.29, 1.82) is 0 Å². The van der Waals surface area contributed by atoms with Gasteiger partial charge in [-0.3, -0.25) is 5.32 Å². The van der Waals surface area contributed by atoms with Crippen LogP contribution in [0.25, 0.3) is 0 Å². The Labute approximate surface area is 146 Å². The number of aromatic nitrogens is 3. The molecular weight excluding hydrogens is 322 g/mol. The summed E-state index contributed by atoms with van der Waals surface area (Å²) in [5, 5.41) is 6.89. The topological polar surface area (TPSA) is 93.4 Å². The number of carbonyl (C=O) groups excluding carboxylic acids is 1. The summed E-state index contributed by atoms with van der Waals surface area (Å²) in [6.07, 6.45) is 3.85. The highest BCUT2D eigenvalue weighted by molar-refractivity contribution is 5.90. The second-order valence-corrected chi connectivity index (χ2v) is 6.16. The van der Waals surface area contributed by atoms with Crippen LogP contribution in [0, 0.1) is 13.8 Å². The van der Waals surface area contributed by atoms with Gasteiger partial charge >= 0.3 is 6.03 Å². The Kier molecular flexibility index (Phi) is 5.16. The molecule has 1 atom stereocenters. The molecule has 0 saturated carbocycles. The number of methoxy groups -OCH3 is 1. The lowest BCUT2D eigenvalue weighted by Crippen LogP contribution is -2.38. The van der Waals surface area contributed by atoms with E-state index in [1.807, 2.05) is 13.0 Å². The van der Waals surface area contributed by atoms with Crippen molar-refractivity contribution < 1.29 is 14.1 Å². The maximum atomic E-state index is 12.9. The van der Waals surface area contributed by atoms with Crippen molar-refractivity contribution in [3.8, 4) is 5.75 Å². The molecule has 134 valence electrons. The van der Waals surface area contributed by atoms with Gasteiger partial charge in [0.1, 0.15) is 0 Å². The molecule has 0 spiro atoms. The Morgan fingerprint density at radius 1 is 1.28 bits per heavy atom. The van der Waals surface area contributed by atoms with Crippen LogP contribution in [-0.2, 0) is 0 Å². The summed E-state index contributed by atoms with van der Waals surface area (Å²) in [5.41, 5.74) is 0.803. The zero-order valence-corrected chi connectivity index (χ0v) is 14.8. The van der Waals surface area contributed by atoms with Gasteiger partial charge in [0.25, 0.3) is 0 Å². The van der Waals surface area contributed by atoms with Crippen molar-refractivity contribution in [2.45, 2.75) is 45.6 Å². The summed E-state index contributed by atoms with van der Waals surface area (Å²) >= 11 is 0. The summed E-state index contributed by atoms with van der Waals surface area (Å²) in [7, 11) is 1.55. The number of urea groups is 1. The quantitative estimate of drug-likeness (QED) is 0.918. The molecular formula is C17H23N5O3. The highest BCUT2D eigenvalue weighted by Gasteiger charge is 2.30. The van der Waals surface area contributed by atoms with E-state index in [4.69, 9.17) is 9.26 Å². The first kappa shape index (κ1) is 17.2. The van der Waals surface area contributed by atoms with Crippen LogP contribution in [0.3, 0.4) is 0 Å². The number of anilines is 1. The van der Waals surface area contributed by atoms with Crippen LogP contribution >= 0.6 is 0 Å². The Morgan fingerprint density at radius 2 is 2.12 bits per heavy atom. The van der Waals surface area contributed by atoms with Crippen molar-refractivity contribution in [3.05, 3.63) is 29.5 Å². The van der Waals surface area contributed by atoms with E-state index in [1.165, 1.54) is 0 Å². The minimum absolute atomic E-state index is 0.198. The lowest BCUT2D eigenvalue weighted by molar-refractivity contribution is 0.184. The summed E-state index contributed by atoms with van der Waals surface area (Å²) in [4.78, 5) is 23.4. The number of pyridine rings is 1. The van der Waals surface area contributed by atoms with E-state index < -0.39 is 0 Å². The largest absolute Gasteiger partial charge is 0.493 e. The third kappa shape index (κ3) is 3.89. The fourth-order valence-electron chi connectivity index (χ4n) is 3.04. The van der Waals surface area contributed by atoms with Gasteiger partial charge in [0.15, 0.2) is 17.4 Å². The molecule has 0 bridgehead atoms. The molecule has 0 aromatic carbocycles. The van der Waals surface area contributed by atoms with Gasteiger partial charge < -0.3 is 14.2 Å². The number of ether oxygens (including phenoxy) is 1. The van der Waals surface area contributed by atoms with Crippen molar-refractivity contribution in [1.82, 2.24) is 20.0 Å². The number of likely N-dealkylation sites (tertiary alicyclic amines) is 1. The molecule has 0 radical (unpaired) electrons. The SMILES string of the molecule is COc1ccc(C)nc1NC(=O)N1CCCCC[C@H]1c1noc(C)n1. The lowest BCUT2D eigenvalue weighted by atomic mass is 10.1. The normalized spacial score (nSPS) is 17.9. The van der Waals surface area contributed by atoms with E-state index in [1.54, 1.807) is 25.0 Å². The average molecular weight is 345 g/mol. The molecule has 8 nitrogen and oxygen atoms in total. The van der Waals surface area contributed by atoms with Crippen LogP contribution < -0.4 is 10.1 Å². The number of rotatable bonds is 3. The number of aryl methyl sites for hydroxylation is 2. The Bertz CT molecular complexity index is 746. The second kappa shape index (κ2) is 7.50. The first-order chi connectivity index (χ1) is 12.1. The second-order valence-electron chi connectivity index (χ2n) is 6.16. The molecule has 0 aliphatic carbocycles. The zero-order valence-electron chi connectivity index (χ0n) is 14.8. The predicted octanol–water partition coefficient (Wildman–Crippen LogP) is 3.24. The molecule has 0 unspecified atom stereocenters. The fraction of sp³-hybridized carbons (Fsp3) is 0.529. The number of nitrogens with zero attached hydrogens (tertiary/aromatic N) is 4. The lowest BCUT2D eigenvalue weighted by Gasteiger charge is -2.28. The Balaban J connectivity index is 1.84. The van der Waals surface area contributed by atoms with Crippen LogP contribution in [0.4, 0.5) is 10.6 Å². The predicted molar refractivity (Wildman–Crippen MR) is 91.5 cm³/mol. The molecule has 2 amide bonds. The number of carbonyl (C=O) groups is 1. The van der Waals surface area contributed by atoms with E-state index >= 15 is 0 Å². The van der Waals surface area contributed by atoms with E-state index in [9.17, 15) is 4.79 Å². The van der Waals surface area contributed by atoms with Crippen LogP contribution in [0.1, 0.15) is 49.1 Å². The standard InChI is InChI=1S/C17H23N5O3/c1-11-8-9-14(24-3)16(18-11)20-17(23)22-10-6-4-5-7-13(22)15-19-12(2)25-21-15/h8-9,13H,4-7,10H2,1-3H3,(H,18,20,23)/t13-/m0/s1. The monoisotopic (exact) mass is 345 g/mol. The molecule has 2 aromatic rings. The van der Waals surface area contributed by atoms with Gasteiger partial charge in [-0.1, -0.05) is 18.0 Å². The molecule has 2 aromatic heterocycles. The van der Waals surface area contributed by atoms with Gasteiger partial charge in [0, 0.05) is 19.2 Å². The van der Waals surface area contributed by atoms with E-state index in [2.05, 4.69) is 20.4 Å². The van der Waals surface area contributed by atoms with Crippen LogP contribution in [-0.4, -0.2) is 39.7 Å². The molecule has 25 heavy (non-hydrogen) atoms. The summed E-state index contributed by atoms with van der Waals surface area (Å²) in [6, 6.07) is 3.20. The minimum Gasteiger partial charge on any atom is -0.493 e. The number of nitrogens with one attached hydrogen (secondary N) is 1. The smallest absolute Gasteiger partial charge is 0.323 e. The van der Waals surface area contributed by atoms with Crippen molar-refractivity contribution >= 4 is 11.8 Å².